The van der Waals surface area contributed by atoms with Crippen molar-refractivity contribution in [3.63, 3.8) is 0 Å². The Morgan fingerprint density at radius 1 is 0.552 bits per heavy atom. The van der Waals surface area contributed by atoms with E-state index in [2.05, 4.69) is 31.2 Å². The zero-order valence-corrected chi connectivity index (χ0v) is 19.4. The van der Waals surface area contributed by atoms with Gasteiger partial charge >= 0.3 is 0 Å². The summed E-state index contributed by atoms with van der Waals surface area (Å²) in [6.07, 6.45) is 26.0. The van der Waals surface area contributed by atoms with Gasteiger partial charge in [-0.2, -0.15) is 0 Å². The molecule has 0 N–H and O–H groups in total. The van der Waals surface area contributed by atoms with Crippen molar-refractivity contribution in [2.75, 3.05) is 0 Å². The molecule has 0 saturated carbocycles. The van der Waals surface area contributed by atoms with Crippen LogP contribution < -0.4 is 0 Å². The highest BCUT2D eigenvalue weighted by atomic mass is 16.1. The van der Waals surface area contributed by atoms with Gasteiger partial charge in [0.05, 0.1) is 0 Å². The van der Waals surface area contributed by atoms with E-state index in [1.54, 1.807) is 0 Å². The summed E-state index contributed by atoms with van der Waals surface area (Å²) in [5.74, 6) is 0.440. The minimum Gasteiger partial charge on any atom is -0.300 e. The fourth-order valence-electron chi connectivity index (χ4n) is 4.10. The molecular formula is C28H48O. The minimum absolute atomic E-state index is 0.440. The van der Waals surface area contributed by atoms with Gasteiger partial charge in [0.2, 0.25) is 0 Å². The van der Waals surface area contributed by atoms with Crippen molar-refractivity contribution in [2.24, 2.45) is 0 Å². The van der Waals surface area contributed by atoms with Crippen molar-refractivity contribution >= 4 is 5.78 Å². The van der Waals surface area contributed by atoms with Crippen LogP contribution in [0.15, 0.2) is 30.3 Å². The van der Waals surface area contributed by atoms with Gasteiger partial charge in [-0.05, 0) is 18.4 Å². The maximum atomic E-state index is 12.0. The third kappa shape index (κ3) is 17.5. The summed E-state index contributed by atoms with van der Waals surface area (Å²) in [5.41, 5.74) is 1.28. The Morgan fingerprint density at radius 2 is 0.966 bits per heavy atom. The van der Waals surface area contributed by atoms with Crippen LogP contribution >= 0.6 is 0 Å². The lowest BCUT2D eigenvalue weighted by atomic mass is 10.0. The second-order valence-corrected chi connectivity index (χ2v) is 8.93. The molecule has 0 aliphatic carbocycles. The van der Waals surface area contributed by atoms with Crippen LogP contribution in [0.4, 0.5) is 0 Å². The molecule has 0 unspecified atom stereocenters. The fourth-order valence-corrected chi connectivity index (χ4v) is 4.10. The summed E-state index contributed by atoms with van der Waals surface area (Å²) >= 11 is 0. The number of carbonyl (C=O) groups is 1. The number of Topliss-reactive ketones (excluding diaryl/α,β-unsaturated/α-hetero) is 1. The molecule has 0 atom stereocenters. The van der Waals surface area contributed by atoms with E-state index in [9.17, 15) is 4.79 Å². The van der Waals surface area contributed by atoms with Gasteiger partial charge in [0.15, 0.2) is 0 Å². The predicted molar refractivity (Wildman–Crippen MR) is 129 cm³/mol. The molecule has 0 saturated heterocycles. The second-order valence-electron chi connectivity index (χ2n) is 8.93. The third-order valence-corrected chi connectivity index (χ3v) is 6.09. The SMILES string of the molecule is CCCCCCCCCCCCCCCCCCCC(=O)CCc1ccccc1. The summed E-state index contributed by atoms with van der Waals surface area (Å²) in [4.78, 5) is 12.0. The van der Waals surface area contributed by atoms with Gasteiger partial charge in [0.25, 0.3) is 0 Å². The zero-order chi connectivity index (χ0) is 20.8. The average molecular weight is 401 g/mol. The van der Waals surface area contributed by atoms with Crippen molar-refractivity contribution in [3.8, 4) is 0 Å². The van der Waals surface area contributed by atoms with E-state index >= 15 is 0 Å². The van der Waals surface area contributed by atoms with Crippen LogP contribution in [-0.2, 0) is 11.2 Å². The molecule has 29 heavy (non-hydrogen) atoms. The highest BCUT2D eigenvalue weighted by molar-refractivity contribution is 5.78. The van der Waals surface area contributed by atoms with Crippen LogP contribution in [0.3, 0.4) is 0 Å². The van der Waals surface area contributed by atoms with E-state index in [0.29, 0.717) is 12.2 Å². The van der Waals surface area contributed by atoms with Crippen molar-refractivity contribution < 1.29 is 4.79 Å². The van der Waals surface area contributed by atoms with Crippen LogP contribution in [0.1, 0.15) is 134 Å². The number of hydrogen-bond donors (Lipinski definition) is 0. The molecule has 1 nitrogen and oxygen atoms in total. The molecule has 1 rings (SSSR count). The Balaban J connectivity index is 1.74. The van der Waals surface area contributed by atoms with E-state index in [-0.39, 0.29) is 0 Å². The van der Waals surface area contributed by atoms with Crippen LogP contribution in [-0.4, -0.2) is 5.78 Å². The maximum absolute atomic E-state index is 12.0. The molecule has 0 aromatic heterocycles. The Labute approximate surface area is 182 Å². The molecular weight excluding hydrogens is 352 g/mol. The largest absolute Gasteiger partial charge is 0.300 e. The number of unbranched alkanes of at least 4 members (excludes halogenated alkanes) is 16. The normalized spacial score (nSPS) is 11.1. The molecule has 0 bridgehead atoms. The van der Waals surface area contributed by atoms with Gasteiger partial charge in [-0.25, -0.2) is 0 Å². The zero-order valence-electron chi connectivity index (χ0n) is 19.4. The lowest BCUT2D eigenvalue weighted by Gasteiger charge is -2.04. The predicted octanol–water partition coefficient (Wildman–Crippen LogP) is 9.23. The number of aryl methyl sites for hydroxylation is 1. The quantitative estimate of drug-likeness (QED) is 0.188. The highest BCUT2D eigenvalue weighted by Gasteiger charge is 2.02. The lowest BCUT2D eigenvalue weighted by Crippen LogP contribution is -2.00. The van der Waals surface area contributed by atoms with Crippen LogP contribution in [0.2, 0.25) is 0 Å². The topological polar surface area (TPSA) is 17.1 Å². The highest BCUT2D eigenvalue weighted by Crippen LogP contribution is 2.14. The van der Waals surface area contributed by atoms with Crippen molar-refractivity contribution in [2.45, 2.75) is 135 Å². The van der Waals surface area contributed by atoms with E-state index in [1.807, 2.05) is 6.07 Å². The summed E-state index contributed by atoms with van der Waals surface area (Å²) in [6.45, 7) is 2.29. The first-order chi connectivity index (χ1) is 14.3. The number of rotatable bonds is 21. The Kier molecular flexibility index (Phi) is 18.0. The van der Waals surface area contributed by atoms with Gasteiger partial charge < -0.3 is 0 Å². The maximum Gasteiger partial charge on any atom is 0.133 e. The number of ketones is 1. The van der Waals surface area contributed by atoms with E-state index in [1.165, 1.54) is 108 Å². The summed E-state index contributed by atoms with van der Waals surface area (Å²) in [6, 6.07) is 10.4. The number of carbonyl (C=O) groups excluding carboxylic acids is 1. The Morgan fingerprint density at radius 3 is 1.41 bits per heavy atom. The molecule has 0 fully saturated rings. The van der Waals surface area contributed by atoms with Gasteiger partial charge in [0, 0.05) is 12.8 Å². The van der Waals surface area contributed by atoms with Crippen LogP contribution in [0.25, 0.3) is 0 Å². The van der Waals surface area contributed by atoms with Crippen molar-refractivity contribution in [3.05, 3.63) is 35.9 Å². The molecule has 0 amide bonds. The van der Waals surface area contributed by atoms with E-state index < -0.39 is 0 Å². The Hall–Kier alpha value is -1.11. The first-order valence-electron chi connectivity index (χ1n) is 12.9. The molecule has 0 heterocycles. The molecule has 0 radical (unpaired) electrons. The number of benzene rings is 1. The smallest absolute Gasteiger partial charge is 0.133 e. The molecule has 0 spiro atoms. The van der Waals surface area contributed by atoms with Gasteiger partial charge in [0.1, 0.15) is 5.78 Å². The van der Waals surface area contributed by atoms with E-state index in [4.69, 9.17) is 0 Å². The fraction of sp³-hybridized carbons (Fsp3) is 0.750. The summed E-state index contributed by atoms with van der Waals surface area (Å²) in [7, 11) is 0. The van der Waals surface area contributed by atoms with Gasteiger partial charge in [-0.1, -0.05) is 140 Å². The molecule has 0 aliphatic rings. The average Bonchev–Trinajstić information content (AvgIpc) is 2.75. The molecule has 1 aromatic carbocycles. The summed E-state index contributed by atoms with van der Waals surface area (Å²) < 4.78 is 0. The van der Waals surface area contributed by atoms with Gasteiger partial charge in [-0.3, -0.25) is 4.79 Å². The van der Waals surface area contributed by atoms with Crippen molar-refractivity contribution in [1.29, 1.82) is 0 Å². The second kappa shape index (κ2) is 20.2. The monoisotopic (exact) mass is 400 g/mol. The Bertz CT molecular complexity index is 464. The van der Waals surface area contributed by atoms with Crippen LogP contribution in [0, 0.1) is 0 Å². The lowest BCUT2D eigenvalue weighted by molar-refractivity contribution is -0.119. The standard InChI is InChI=1S/C28H48O/c1-2-3-4-5-6-7-8-9-10-11-12-13-14-15-16-17-21-24-28(29)26-25-27-22-19-18-20-23-27/h18-20,22-23H,2-17,21,24-26H2,1H3. The number of hydrogen-bond acceptors (Lipinski definition) is 1. The van der Waals surface area contributed by atoms with Crippen LogP contribution in [0.5, 0.6) is 0 Å². The first kappa shape index (κ1) is 25.9. The van der Waals surface area contributed by atoms with Gasteiger partial charge in [-0.15, -0.1) is 0 Å². The molecule has 1 aromatic rings. The first-order valence-corrected chi connectivity index (χ1v) is 12.9. The minimum atomic E-state index is 0.440. The van der Waals surface area contributed by atoms with Crippen molar-refractivity contribution in [1.82, 2.24) is 0 Å². The molecule has 166 valence electrons. The molecule has 0 aliphatic heterocycles. The molecule has 1 heteroatoms. The third-order valence-electron chi connectivity index (χ3n) is 6.09. The summed E-state index contributed by atoms with van der Waals surface area (Å²) in [5, 5.41) is 0. The van der Waals surface area contributed by atoms with E-state index in [0.717, 1.165) is 19.3 Å².